The number of ketones is 1. The van der Waals surface area contributed by atoms with Gasteiger partial charge in [0.05, 0.1) is 5.60 Å². The number of likely N-dealkylation sites (tertiary alicyclic amines) is 1. The first-order valence-electron chi connectivity index (χ1n) is 5.32. The zero-order valence-electron chi connectivity index (χ0n) is 9.71. The molecule has 15 heavy (non-hydrogen) atoms. The lowest BCUT2D eigenvalue weighted by molar-refractivity contribution is -0.143. The van der Waals surface area contributed by atoms with Gasteiger partial charge in [-0.25, -0.2) is 0 Å². The Kier molecular flexibility index (Phi) is 3.85. The molecule has 0 aromatic heterocycles. The van der Waals surface area contributed by atoms with Gasteiger partial charge in [0.15, 0.2) is 0 Å². The van der Waals surface area contributed by atoms with E-state index in [-0.39, 0.29) is 23.9 Å². The van der Waals surface area contributed by atoms with E-state index in [0.29, 0.717) is 25.9 Å². The molecule has 1 fully saturated rings. The zero-order valence-corrected chi connectivity index (χ0v) is 9.71. The van der Waals surface area contributed by atoms with Crippen LogP contribution in [0.1, 0.15) is 33.6 Å². The number of carbonyl (C=O) groups excluding carboxylic acids is 2. The predicted molar refractivity (Wildman–Crippen MR) is 56.5 cm³/mol. The highest BCUT2D eigenvalue weighted by molar-refractivity contribution is 5.83. The standard InChI is InChI=1S/C11H19NO3/c1-11(2,3)15-8-10(14)12-6-4-9(13)5-7-12/h4-8H2,1-3H3. The number of nitrogens with zero attached hydrogens (tertiary/aromatic N) is 1. The fraction of sp³-hybridized carbons (Fsp3) is 0.818. The van der Waals surface area contributed by atoms with E-state index in [9.17, 15) is 9.59 Å². The van der Waals surface area contributed by atoms with Crippen molar-refractivity contribution < 1.29 is 14.3 Å². The number of amides is 1. The van der Waals surface area contributed by atoms with Crippen molar-refractivity contribution in [1.29, 1.82) is 0 Å². The summed E-state index contributed by atoms with van der Waals surface area (Å²) in [7, 11) is 0. The molecule has 4 nitrogen and oxygen atoms in total. The van der Waals surface area contributed by atoms with E-state index >= 15 is 0 Å². The summed E-state index contributed by atoms with van der Waals surface area (Å²) < 4.78 is 5.40. The van der Waals surface area contributed by atoms with E-state index in [4.69, 9.17) is 4.74 Å². The van der Waals surface area contributed by atoms with E-state index in [1.54, 1.807) is 4.90 Å². The van der Waals surface area contributed by atoms with Crippen molar-refractivity contribution >= 4 is 11.7 Å². The molecule has 86 valence electrons. The molecule has 0 atom stereocenters. The van der Waals surface area contributed by atoms with Gasteiger partial charge in [0.1, 0.15) is 12.4 Å². The molecule has 0 spiro atoms. The van der Waals surface area contributed by atoms with Gasteiger partial charge in [-0.2, -0.15) is 0 Å². The van der Waals surface area contributed by atoms with Gasteiger partial charge in [0.2, 0.25) is 5.91 Å². The molecule has 1 aliphatic heterocycles. The summed E-state index contributed by atoms with van der Waals surface area (Å²) in [5.74, 6) is 0.230. The van der Waals surface area contributed by atoms with Crippen LogP contribution < -0.4 is 0 Å². The minimum Gasteiger partial charge on any atom is -0.366 e. The third kappa shape index (κ3) is 4.42. The largest absolute Gasteiger partial charge is 0.366 e. The first-order valence-corrected chi connectivity index (χ1v) is 5.32. The summed E-state index contributed by atoms with van der Waals surface area (Å²) >= 11 is 0. The Hall–Kier alpha value is -0.900. The number of ether oxygens (including phenoxy) is 1. The van der Waals surface area contributed by atoms with Crippen molar-refractivity contribution in [1.82, 2.24) is 4.90 Å². The van der Waals surface area contributed by atoms with Crippen LogP contribution in [0.5, 0.6) is 0 Å². The molecule has 1 amide bonds. The summed E-state index contributed by atoms with van der Waals surface area (Å²) in [5.41, 5.74) is -0.290. The van der Waals surface area contributed by atoms with Gasteiger partial charge in [-0.3, -0.25) is 9.59 Å². The topological polar surface area (TPSA) is 46.6 Å². The first kappa shape index (κ1) is 12.2. The number of rotatable bonds is 2. The van der Waals surface area contributed by atoms with Gasteiger partial charge < -0.3 is 9.64 Å². The number of hydrogen-bond donors (Lipinski definition) is 0. The molecule has 1 aliphatic rings. The highest BCUT2D eigenvalue weighted by atomic mass is 16.5. The second kappa shape index (κ2) is 4.75. The monoisotopic (exact) mass is 213 g/mol. The van der Waals surface area contributed by atoms with Crippen LogP contribution in [0.25, 0.3) is 0 Å². The molecule has 1 saturated heterocycles. The van der Waals surface area contributed by atoms with E-state index in [1.165, 1.54) is 0 Å². The predicted octanol–water partition coefficient (Wildman–Crippen LogP) is 0.993. The minimum atomic E-state index is -0.290. The molecule has 1 heterocycles. The smallest absolute Gasteiger partial charge is 0.248 e. The van der Waals surface area contributed by atoms with Gasteiger partial charge >= 0.3 is 0 Å². The fourth-order valence-corrected chi connectivity index (χ4v) is 1.38. The van der Waals surface area contributed by atoms with Crippen LogP contribution in [0.4, 0.5) is 0 Å². The molecule has 0 unspecified atom stereocenters. The number of hydrogen-bond acceptors (Lipinski definition) is 3. The Bertz CT molecular complexity index is 245. The molecule has 1 rings (SSSR count). The third-order valence-electron chi connectivity index (χ3n) is 2.30. The van der Waals surface area contributed by atoms with Crippen molar-refractivity contribution in [3.05, 3.63) is 0 Å². The van der Waals surface area contributed by atoms with Crippen LogP contribution >= 0.6 is 0 Å². The SMILES string of the molecule is CC(C)(C)OCC(=O)N1CCC(=O)CC1. The zero-order chi connectivity index (χ0) is 11.5. The van der Waals surface area contributed by atoms with E-state index in [0.717, 1.165) is 0 Å². The van der Waals surface area contributed by atoms with Crippen LogP contribution in [-0.4, -0.2) is 41.9 Å². The Balaban J connectivity index is 2.31. The molecule has 0 aromatic rings. The summed E-state index contributed by atoms with van der Waals surface area (Å²) in [6, 6.07) is 0. The molecule has 0 N–H and O–H groups in total. The number of piperidine rings is 1. The van der Waals surface area contributed by atoms with Crippen LogP contribution in [0, 0.1) is 0 Å². The van der Waals surface area contributed by atoms with Gasteiger partial charge in [-0.05, 0) is 20.8 Å². The average Bonchev–Trinajstić information content (AvgIpc) is 2.14. The average molecular weight is 213 g/mol. The summed E-state index contributed by atoms with van der Waals surface area (Å²) in [6.45, 7) is 6.95. The maximum Gasteiger partial charge on any atom is 0.248 e. The van der Waals surface area contributed by atoms with Crippen molar-refractivity contribution in [2.45, 2.75) is 39.2 Å². The first-order chi connectivity index (χ1) is 6.88. The van der Waals surface area contributed by atoms with Crippen LogP contribution in [0.2, 0.25) is 0 Å². The molecule has 0 aromatic carbocycles. The van der Waals surface area contributed by atoms with E-state index < -0.39 is 0 Å². The maximum absolute atomic E-state index is 11.6. The Labute approximate surface area is 90.6 Å². The highest BCUT2D eigenvalue weighted by Gasteiger charge is 2.22. The molecular weight excluding hydrogens is 194 g/mol. The van der Waals surface area contributed by atoms with Crippen molar-refractivity contribution in [3.63, 3.8) is 0 Å². The van der Waals surface area contributed by atoms with Crippen molar-refractivity contribution in [2.24, 2.45) is 0 Å². The Morgan fingerprint density at radius 3 is 2.33 bits per heavy atom. The maximum atomic E-state index is 11.6. The van der Waals surface area contributed by atoms with E-state index in [2.05, 4.69) is 0 Å². The lowest BCUT2D eigenvalue weighted by Gasteiger charge is -2.27. The number of Topliss-reactive ketones (excluding diaryl/α,β-unsaturated/α-hetero) is 1. The lowest BCUT2D eigenvalue weighted by atomic mass is 10.1. The second-order valence-electron chi connectivity index (χ2n) is 4.82. The quantitative estimate of drug-likeness (QED) is 0.687. The normalized spacial score (nSPS) is 18.1. The van der Waals surface area contributed by atoms with Gasteiger partial charge in [-0.15, -0.1) is 0 Å². The summed E-state index contributed by atoms with van der Waals surface area (Å²) in [5, 5.41) is 0. The minimum absolute atomic E-state index is 0.0163. The Morgan fingerprint density at radius 1 is 1.33 bits per heavy atom. The highest BCUT2D eigenvalue weighted by Crippen LogP contribution is 2.09. The molecule has 0 aliphatic carbocycles. The lowest BCUT2D eigenvalue weighted by Crippen LogP contribution is -2.41. The van der Waals surface area contributed by atoms with Crippen molar-refractivity contribution in [2.75, 3.05) is 19.7 Å². The molecule has 0 radical (unpaired) electrons. The van der Waals surface area contributed by atoms with Gasteiger partial charge in [0.25, 0.3) is 0 Å². The third-order valence-corrected chi connectivity index (χ3v) is 2.30. The molecule has 0 saturated carbocycles. The molecule has 4 heteroatoms. The molecule has 0 bridgehead atoms. The van der Waals surface area contributed by atoms with Crippen LogP contribution in [0.15, 0.2) is 0 Å². The number of carbonyl (C=O) groups is 2. The van der Waals surface area contributed by atoms with Crippen LogP contribution in [0.3, 0.4) is 0 Å². The van der Waals surface area contributed by atoms with Gasteiger partial charge in [0, 0.05) is 25.9 Å². The van der Waals surface area contributed by atoms with Crippen LogP contribution in [-0.2, 0) is 14.3 Å². The van der Waals surface area contributed by atoms with E-state index in [1.807, 2.05) is 20.8 Å². The fourth-order valence-electron chi connectivity index (χ4n) is 1.38. The molecular formula is C11H19NO3. The van der Waals surface area contributed by atoms with Gasteiger partial charge in [-0.1, -0.05) is 0 Å². The van der Waals surface area contributed by atoms with Crippen molar-refractivity contribution in [3.8, 4) is 0 Å². The summed E-state index contributed by atoms with van der Waals surface area (Å²) in [4.78, 5) is 24.3. The Morgan fingerprint density at radius 2 is 1.87 bits per heavy atom. The summed E-state index contributed by atoms with van der Waals surface area (Å²) in [6.07, 6.45) is 0.975. The second-order valence-corrected chi connectivity index (χ2v) is 4.82.